The Morgan fingerprint density at radius 3 is 2.67 bits per heavy atom. The van der Waals surface area contributed by atoms with Gasteiger partial charge in [-0.2, -0.15) is 4.98 Å². The molecule has 1 aliphatic heterocycles. The molecule has 1 atom stereocenters. The second-order valence-corrected chi connectivity index (χ2v) is 10.4. The summed E-state index contributed by atoms with van der Waals surface area (Å²) in [4.78, 5) is 10.6. The van der Waals surface area contributed by atoms with Gasteiger partial charge in [0.25, 0.3) is 0 Å². The first kappa shape index (κ1) is 24.9. The Morgan fingerprint density at radius 2 is 2.03 bits per heavy atom. The smallest absolute Gasteiger partial charge is 0.224 e. The highest BCUT2D eigenvalue weighted by atomic mass is 32.2. The molecule has 0 radical (unpaired) electrons. The highest BCUT2D eigenvalue weighted by Gasteiger charge is 2.30. The predicted molar refractivity (Wildman–Crippen MR) is 126 cm³/mol. The Labute approximate surface area is 193 Å². The van der Waals surface area contributed by atoms with Crippen LogP contribution in [-0.2, 0) is 10.0 Å². The lowest BCUT2D eigenvalue weighted by Crippen LogP contribution is -2.49. The van der Waals surface area contributed by atoms with Crippen LogP contribution in [0.4, 0.5) is 26.2 Å². The van der Waals surface area contributed by atoms with Crippen LogP contribution < -0.4 is 21.3 Å². The molecule has 1 aromatic heterocycles. The SMILES string of the molecule is CC(C)Nc1ncc(N)c(N(CNC2=CC(F)C=CC=C2F)C2CCN(S(C)(=O)=O)CC2)n1. The van der Waals surface area contributed by atoms with Gasteiger partial charge < -0.3 is 21.3 Å². The number of halogens is 2. The van der Waals surface area contributed by atoms with Gasteiger partial charge >= 0.3 is 0 Å². The molecule has 1 saturated heterocycles. The summed E-state index contributed by atoms with van der Waals surface area (Å²) in [7, 11) is -3.29. The van der Waals surface area contributed by atoms with Crippen molar-refractivity contribution in [1.29, 1.82) is 0 Å². The Hall–Kier alpha value is -2.73. The minimum Gasteiger partial charge on any atom is -0.394 e. The highest BCUT2D eigenvalue weighted by Crippen LogP contribution is 2.28. The van der Waals surface area contributed by atoms with E-state index < -0.39 is 22.0 Å². The van der Waals surface area contributed by atoms with Gasteiger partial charge in [-0.25, -0.2) is 26.5 Å². The Bertz CT molecular complexity index is 1040. The lowest BCUT2D eigenvalue weighted by atomic mass is 10.0. The molecule has 1 aromatic rings. The number of nitrogens with one attached hydrogen (secondary N) is 2. The summed E-state index contributed by atoms with van der Waals surface area (Å²) in [5, 5.41) is 6.10. The Morgan fingerprint density at radius 1 is 1.33 bits per heavy atom. The zero-order valence-corrected chi connectivity index (χ0v) is 19.8. The zero-order chi connectivity index (χ0) is 24.2. The van der Waals surface area contributed by atoms with Crippen molar-refractivity contribution in [3.63, 3.8) is 0 Å². The van der Waals surface area contributed by atoms with E-state index in [0.717, 1.165) is 6.08 Å². The van der Waals surface area contributed by atoms with Gasteiger partial charge in [0.05, 0.1) is 30.5 Å². The molecule has 0 bridgehead atoms. The first-order chi connectivity index (χ1) is 15.5. The number of hydrogen-bond donors (Lipinski definition) is 3. The van der Waals surface area contributed by atoms with Crippen molar-refractivity contribution in [2.45, 2.75) is 44.9 Å². The maximum absolute atomic E-state index is 14.4. The summed E-state index contributed by atoms with van der Waals surface area (Å²) in [5.41, 5.74) is 6.56. The molecule has 3 rings (SSSR count). The van der Waals surface area contributed by atoms with E-state index >= 15 is 0 Å². The number of aromatic nitrogens is 2. The van der Waals surface area contributed by atoms with Crippen LogP contribution in [0.25, 0.3) is 0 Å². The second kappa shape index (κ2) is 10.5. The maximum atomic E-state index is 14.4. The summed E-state index contributed by atoms with van der Waals surface area (Å²) in [5.74, 6) is 0.239. The van der Waals surface area contributed by atoms with E-state index in [2.05, 4.69) is 20.6 Å². The van der Waals surface area contributed by atoms with E-state index in [1.807, 2.05) is 18.7 Å². The fourth-order valence-electron chi connectivity index (χ4n) is 3.75. The van der Waals surface area contributed by atoms with Crippen LogP contribution >= 0.6 is 0 Å². The first-order valence-electron chi connectivity index (χ1n) is 10.8. The number of sulfonamides is 1. The topological polar surface area (TPSA) is 116 Å². The van der Waals surface area contributed by atoms with Crippen molar-refractivity contribution < 1.29 is 17.2 Å². The molecule has 0 aromatic carbocycles. The Balaban J connectivity index is 1.87. The molecule has 2 aliphatic rings. The van der Waals surface area contributed by atoms with Crippen molar-refractivity contribution in [2.24, 2.45) is 0 Å². The summed E-state index contributed by atoms with van der Waals surface area (Å²) < 4.78 is 53.6. The Kier molecular flexibility index (Phi) is 7.90. The average Bonchev–Trinajstić information content (AvgIpc) is 2.90. The van der Waals surface area contributed by atoms with Crippen LogP contribution in [0.3, 0.4) is 0 Å². The van der Waals surface area contributed by atoms with Gasteiger partial charge in [0.15, 0.2) is 5.82 Å². The largest absolute Gasteiger partial charge is 0.394 e. The van der Waals surface area contributed by atoms with Crippen LogP contribution in [0.15, 0.2) is 42.0 Å². The van der Waals surface area contributed by atoms with Crippen molar-refractivity contribution in [1.82, 2.24) is 19.6 Å². The summed E-state index contributed by atoms with van der Waals surface area (Å²) in [6.07, 6.45) is 7.24. The number of hydrogen-bond acceptors (Lipinski definition) is 8. The monoisotopic (exact) mass is 483 g/mol. The fourth-order valence-corrected chi connectivity index (χ4v) is 4.62. The third-order valence-corrected chi connectivity index (χ3v) is 6.68. The zero-order valence-electron chi connectivity index (χ0n) is 19.0. The van der Waals surface area contributed by atoms with E-state index in [0.29, 0.717) is 43.4 Å². The number of anilines is 3. The quantitative estimate of drug-likeness (QED) is 0.483. The van der Waals surface area contributed by atoms with Gasteiger partial charge in [0, 0.05) is 25.2 Å². The lowest BCUT2D eigenvalue weighted by molar-refractivity contribution is 0.309. The fraction of sp³-hybridized carbons (Fsp3) is 0.524. The van der Waals surface area contributed by atoms with Crippen molar-refractivity contribution in [3.8, 4) is 0 Å². The molecule has 0 spiro atoms. The van der Waals surface area contributed by atoms with E-state index in [-0.39, 0.29) is 24.4 Å². The van der Waals surface area contributed by atoms with Gasteiger partial charge in [-0.05, 0) is 44.9 Å². The number of rotatable bonds is 8. The normalized spacial score (nSPS) is 20.2. The number of nitrogens with zero attached hydrogens (tertiary/aromatic N) is 4. The standard InChI is InChI=1S/C21H31F2N7O2S/c1-14(2)27-21-25-12-18(24)20(28-21)30(16-7-9-29(10-8-16)33(3,31)32)13-26-19-11-15(22)5-4-6-17(19)23/h4-6,11-12,14-16,26H,7-10,13,24H2,1-3H3,(H,25,27,28). The molecule has 1 aliphatic carbocycles. The summed E-state index contributed by atoms with van der Waals surface area (Å²) in [6, 6.07) is -0.0345. The lowest BCUT2D eigenvalue weighted by Gasteiger charge is -2.39. The number of nitrogen functional groups attached to an aromatic ring is 1. The van der Waals surface area contributed by atoms with Gasteiger partial charge in [0.2, 0.25) is 16.0 Å². The number of allylic oxidation sites excluding steroid dienone is 5. The van der Waals surface area contributed by atoms with Crippen LogP contribution in [0.5, 0.6) is 0 Å². The molecule has 182 valence electrons. The summed E-state index contributed by atoms with van der Waals surface area (Å²) in [6.45, 7) is 4.68. The van der Waals surface area contributed by atoms with Crippen LogP contribution in [0.2, 0.25) is 0 Å². The molecular weight excluding hydrogens is 452 g/mol. The minimum absolute atomic E-state index is 0.0271. The molecule has 9 nitrogen and oxygen atoms in total. The third-order valence-electron chi connectivity index (χ3n) is 5.38. The third kappa shape index (κ3) is 6.64. The molecule has 2 heterocycles. The van der Waals surface area contributed by atoms with Crippen molar-refractivity contribution in [2.75, 3.05) is 42.0 Å². The van der Waals surface area contributed by atoms with E-state index in [1.165, 1.54) is 35.0 Å². The van der Waals surface area contributed by atoms with Crippen LogP contribution in [0, 0.1) is 0 Å². The number of nitrogens with two attached hydrogens (primary N) is 1. The van der Waals surface area contributed by atoms with Gasteiger partial charge in [-0.15, -0.1) is 0 Å². The molecule has 33 heavy (non-hydrogen) atoms. The van der Waals surface area contributed by atoms with Crippen molar-refractivity contribution >= 4 is 27.5 Å². The molecule has 4 N–H and O–H groups in total. The van der Waals surface area contributed by atoms with E-state index in [1.54, 1.807) is 0 Å². The predicted octanol–water partition coefficient (Wildman–Crippen LogP) is 2.30. The van der Waals surface area contributed by atoms with Gasteiger partial charge in [0.1, 0.15) is 12.0 Å². The summed E-state index contributed by atoms with van der Waals surface area (Å²) >= 11 is 0. The maximum Gasteiger partial charge on any atom is 0.224 e. The van der Waals surface area contributed by atoms with Gasteiger partial charge in [-0.3, -0.25) is 0 Å². The van der Waals surface area contributed by atoms with Crippen molar-refractivity contribution in [3.05, 3.63) is 42.0 Å². The van der Waals surface area contributed by atoms with Gasteiger partial charge in [-0.1, -0.05) is 6.08 Å². The molecule has 0 saturated carbocycles. The molecule has 1 unspecified atom stereocenters. The minimum atomic E-state index is -3.29. The number of alkyl halides is 1. The molecule has 0 amide bonds. The molecular formula is C21H31F2N7O2S. The van der Waals surface area contributed by atoms with Crippen LogP contribution in [0.1, 0.15) is 26.7 Å². The van der Waals surface area contributed by atoms with Crippen LogP contribution in [-0.4, -0.2) is 67.0 Å². The van der Waals surface area contributed by atoms with E-state index in [4.69, 9.17) is 5.73 Å². The first-order valence-corrected chi connectivity index (χ1v) is 12.6. The molecule has 1 fully saturated rings. The number of piperidine rings is 1. The van der Waals surface area contributed by atoms with E-state index in [9.17, 15) is 17.2 Å². The second-order valence-electron chi connectivity index (χ2n) is 8.39. The average molecular weight is 484 g/mol. The molecule has 12 heteroatoms. The highest BCUT2D eigenvalue weighted by molar-refractivity contribution is 7.88.